The van der Waals surface area contributed by atoms with Crippen LogP contribution < -0.4 is 5.73 Å². The second-order valence-corrected chi connectivity index (χ2v) is 6.07. The lowest BCUT2D eigenvalue weighted by Gasteiger charge is -2.25. The molecular formula is C13H22N2S. The minimum atomic E-state index is 0.185. The van der Waals surface area contributed by atoms with Gasteiger partial charge in [0, 0.05) is 4.88 Å². The molecule has 0 aliphatic heterocycles. The summed E-state index contributed by atoms with van der Waals surface area (Å²) in [6.07, 6.45) is 7.70. The van der Waals surface area contributed by atoms with Crippen LogP contribution in [0.1, 0.15) is 60.6 Å². The molecule has 1 unspecified atom stereocenters. The second-order valence-electron chi connectivity index (χ2n) is 4.83. The Kier molecular flexibility index (Phi) is 3.98. The van der Waals surface area contributed by atoms with Crippen molar-refractivity contribution in [2.24, 2.45) is 11.7 Å². The van der Waals surface area contributed by atoms with Crippen LogP contribution in [0, 0.1) is 12.8 Å². The zero-order valence-corrected chi connectivity index (χ0v) is 11.1. The molecule has 3 heteroatoms. The van der Waals surface area contributed by atoms with Crippen molar-refractivity contribution in [2.45, 2.75) is 58.4 Å². The van der Waals surface area contributed by atoms with Crippen molar-refractivity contribution in [3.05, 3.63) is 15.6 Å². The molecule has 0 radical (unpaired) electrons. The second kappa shape index (κ2) is 5.28. The van der Waals surface area contributed by atoms with E-state index in [2.05, 4.69) is 13.8 Å². The van der Waals surface area contributed by atoms with Crippen LogP contribution >= 0.6 is 11.3 Å². The molecule has 2 rings (SSSR count). The van der Waals surface area contributed by atoms with E-state index in [9.17, 15) is 0 Å². The summed E-state index contributed by atoms with van der Waals surface area (Å²) in [5.41, 5.74) is 7.60. The molecule has 1 aliphatic rings. The maximum absolute atomic E-state index is 6.35. The van der Waals surface area contributed by atoms with Crippen molar-refractivity contribution in [2.75, 3.05) is 0 Å². The molecule has 0 spiro atoms. The standard InChI is InChI=1S/C13H22N2S/c1-3-11-9(2)16-13(15-11)12(14)10-7-5-4-6-8-10/h10,12H,3-8,14H2,1-2H3. The Morgan fingerprint density at radius 3 is 2.62 bits per heavy atom. The van der Waals surface area contributed by atoms with E-state index in [1.165, 1.54) is 47.7 Å². The van der Waals surface area contributed by atoms with E-state index >= 15 is 0 Å². The summed E-state index contributed by atoms with van der Waals surface area (Å²) in [6, 6.07) is 0.185. The number of nitrogens with two attached hydrogens (primary N) is 1. The van der Waals surface area contributed by atoms with Crippen molar-refractivity contribution >= 4 is 11.3 Å². The third kappa shape index (κ3) is 2.46. The first kappa shape index (κ1) is 12.1. The molecular weight excluding hydrogens is 216 g/mol. The number of hydrogen-bond acceptors (Lipinski definition) is 3. The molecule has 90 valence electrons. The number of thiazole rings is 1. The average Bonchev–Trinajstić information content (AvgIpc) is 2.71. The average molecular weight is 238 g/mol. The van der Waals surface area contributed by atoms with Crippen LogP contribution in [0.15, 0.2) is 0 Å². The SMILES string of the molecule is CCc1nc(C(N)C2CCCCC2)sc1C. The third-order valence-electron chi connectivity index (χ3n) is 3.69. The van der Waals surface area contributed by atoms with Gasteiger partial charge in [-0.1, -0.05) is 26.2 Å². The Bertz CT molecular complexity index is 340. The van der Waals surface area contributed by atoms with E-state index in [-0.39, 0.29) is 6.04 Å². The Morgan fingerprint density at radius 2 is 2.06 bits per heavy atom. The lowest BCUT2D eigenvalue weighted by atomic mass is 9.84. The fourth-order valence-corrected chi connectivity index (χ4v) is 3.72. The van der Waals surface area contributed by atoms with Gasteiger partial charge < -0.3 is 5.73 Å². The fraction of sp³-hybridized carbons (Fsp3) is 0.769. The van der Waals surface area contributed by atoms with Crippen molar-refractivity contribution in [3.63, 3.8) is 0 Å². The highest BCUT2D eigenvalue weighted by Crippen LogP contribution is 2.35. The molecule has 0 saturated heterocycles. The van der Waals surface area contributed by atoms with Crippen LogP contribution in [0.5, 0.6) is 0 Å². The summed E-state index contributed by atoms with van der Waals surface area (Å²) in [5.74, 6) is 0.670. The van der Waals surface area contributed by atoms with Gasteiger partial charge in [0.15, 0.2) is 0 Å². The smallest absolute Gasteiger partial charge is 0.110 e. The van der Waals surface area contributed by atoms with Gasteiger partial charge in [0.25, 0.3) is 0 Å². The molecule has 16 heavy (non-hydrogen) atoms. The first-order valence-corrected chi connectivity index (χ1v) is 7.25. The highest BCUT2D eigenvalue weighted by atomic mass is 32.1. The van der Waals surface area contributed by atoms with Gasteiger partial charge in [-0.05, 0) is 32.1 Å². The summed E-state index contributed by atoms with van der Waals surface area (Å²) in [4.78, 5) is 6.05. The molecule has 1 saturated carbocycles. The third-order valence-corrected chi connectivity index (χ3v) is 4.80. The Balaban J connectivity index is 2.09. The van der Waals surface area contributed by atoms with Crippen LogP contribution in [0.2, 0.25) is 0 Å². The maximum Gasteiger partial charge on any atom is 0.110 e. The molecule has 1 fully saturated rings. The quantitative estimate of drug-likeness (QED) is 0.874. The van der Waals surface area contributed by atoms with Gasteiger partial charge in [-0.15, -0.1) is 11.3 Å². The molecule has 2 nitrogen and oxygen atoms in total. The first-order valence-electron chi connectivity index (χ1n) is 6.44. The van der Waals surface area contributed by atoms with E-state index in [0.29, 0.717) is 5.92 Å². The van der Waals surface area contributed by atoms with Gasteiger partial charge >= 0.3 is 0 Å². The lowest BCUT2D eigenvalue weighted by molar-refractivity contribution is 0.307. The van der Waals surface area contributed by atoms with Crippen molar-refractivity contribution in [1.29, 1.82) is 0 Å². The molecule has 1 aromatic heterocycles. The summed E-state index contributed by atoms with van der Waals surface area (Å²) in [6.45, 7) is 4.32. The van der Waals surface area contributed by atoms with E-state index in [4.69, 9.17) is 10.7 Å². The fourth-order valence-electron chi connectivity index (χ4n) is 2.62. The molecule has 0 bridgehead atoms. The molecule has 0 aromatic carbocycles. The summed E-state index contributed by atoms with van der Waals surface area (Å²) < 4.78 is 0. The first-order chi connectivity index (χ1) is 7.72. The molecule has 2 N–H and O–H groups in total. The number of aromatic nitrogens is 1. The molecule has 0 amide bonds. The Morgan fingerprint density at radius 1 is 1.38 bits per heavy atom. The highest BCUT2D eigenvalue weighted by molar-refractivity contribution is 7.11. The molecule has 1 heterocycles. The predicted octanol–water partition coefficient (Wildman–Crippen LogP) is 3.59. The lowest BCUT2D eigenvalue weighted by Crippen LogP contribution is -2.23. The largest absolute Gasteiger partial charge is 0.322 e. The van der Waals surface area contributed by atoms with E-state index in [1.807, 2.05) is 0 Å². The number of hydrogen-bond donors (Lipinski definition) is 1. The Hall–Kier alpha value is -0.410. The van der Waals surface area contributed by atoms with Crippen LogP contribution in [0.3, 0.4) is 0 Å². The van der Waals surface area contributed by atoms with Crippen LogP contribution in [-0.2, 0) is 6.42 Å². The normalized spacial score (nSPS) is 19.9. The van der Waals surface area contributed by atoms with Crippen LogP contribution in [0.4, 0.5) is 0 Å². The van der Waals surface area contributed by atoms with E-state index in [1.54, 1.807) is 11.3 Å². The number of rotatable bonds is 3. The zero-order chi connectivity index (χ0) is 11.5. The van der Waals surface area contributed by atoms with Gasteiger partial charge in [-0.3, -0.25) is 0 Å². The number of aryl methyl sites for hydroxylation is 2. The molecule has 1 atom stereocenters. The van der Waals surface area contributed by atoms with Gasteiger partial charge in [0.1, 0.15) is 5.01 Å². The highest BCUT2D eigenvalue weighted by Gasteiger charge is 2.24. The van der Waals surface area contributed by atoms with Gasteiger partial charge in [0.05, 0.1) is 11.7 Å². The predicted molar refractivity (Wildman–Crippen MR) is 69.7 cm³/mol. The minimum absolute atomic E-state index is 0.185. The van der Waals surface area contributed by atoms with Crippen molar-refractivity contribution in [3.8, 4) is 0 Å². The van der Waals surface area contributed by atoms with E-state index in [0.717, 1.165) is 6.42 Å². The van der Waals surface area contributed by atoms with Gasteiger partial charge in [-0.2, -0.15) is 0 Å². The minimum Gasteiger partial charge on any atom is -0.322 e. The monoisotopic (exact) mass is 238 g/mol. The van der Waals surface area contributed by atoms with Crippen molar-refractivity contribution in [1.82, 2.24) is 4.98 Å². The Labute approximate surface area is 102 Å². The van der Waals surface area contributed by atoms with Crippen molar-refractivity contribution < 1.29 is 0 Å². The zero-order valence-electron chi connectivity index (χ0n) is 10.3. The van der Waals surface area contributed by atoms with Crippen LogP contribution in [0.25, 0.3) is 0 Å². The summed E-state index contributed by atoms with van der Waals surface area (Å²) >= 11 is 1.80. The van der Waals surface area contributed by atoms with Gasteiger partial charge in [0.2, 0.25) is 0 Å². The molecule has 1 aliphatic carbocycles. The van der Waals surface area contributed by atoms with Crippen LogP contribution in [-0.4, -0.2) is 4.98 Å². The maximum atomic E-state index is 6.35. The van der Waals surface area contributed by atoms with E-state index < -0.39 is 0 Å². The summed E-state index contributed by atoms with van der Waals surface area (Å²) in [7, 11) is 0. The summed E-state index contributed by atoms with van der Waals surface area (Å²) in [5, 5.41) is 1.17. The number of nitrogens with zero attached hydrogens (tertiary/aromatic N) is 1. The van der Waals surface area contributed by atoms with Gasteiger partial charge in [-0.25, -0.2) is 4.98 Å². The topological polar surface area (TPSA) is 38.9 Å². The molecule has 1 aromatic rings.